The molecule has 0 fully saturated rings. The number of aryl methyl sites for hydroxylation is 1. The van der Waals surface area contributed by atoms with Crippen molar-refractivity contribution in [1.29, 1.82) is 0 Å². The summed E-state index contributed by atoms with van der Waals surface area (Å²) in [6.07, 6.45) is 1.38. The van der Waals surface area contributed by atoms with Gasteiger partial charge in [-0.05, 0) is 25.1 Å². The molecular weight excluding hydrogens is 274 g/mol. The third-order valence-electron chi connectivity index (χ3n) is 2.20. The Kier molecular flexibility index (Phi) is 3.54. The molecule has 0 radical (unpaired) electrons. The van der Waals surface area contributed by atoms with Crippen LogP contribution in [0, 0.1) is 6.92 Å². The largest absolute Gasteiger partial charge is 0.358 e. The van der Waals surface area contributed by atoms with E-state index < -0.39 is 10.1 Å². The van der Waals surface area contributed by atoms with E-state index in [1.54, 1.807) is 12.1 Å². The minimum Gasteiger partial charge on any atom is -0.358 e. The first-order chi connectivity index (χ1) is 8.47. The molecule has 0 aliphatic heterocycles. The normalized spacial score (nSPS) is 11.2. The summed E-state index contributed by atoms with van der Waals surface area (Å²) >= 11 is 5.73. The topological polar surface area (TPSA) is 56.3 Å². The van der Waals surface area contributed by atoms with Gasteiger partial charge < -0.3 is 4.18 Å². The maximum Gasteiger partial charge on any atom is 0.340 e. The van der Waals surface area contributed by atoms with Crippen molar-refractivity contribution in [1.82, 2.24) is 4.98 Å². The maximum absolute atomic E-state index is 11.9. The highest BCUT2D eigenvalue weighted by Crippen LogP contribution is 2.19. The molecule has 0 aliphatic carbocycles. The molecule has 94 valence electrons. The van der Waals surface area contributed by atoms with Crippen LogP contribution in [0.25, 0.3) is 0 Å². The summed E-state index contributed by atoms with van der Waals surface area (Å²) < 4.78 is 28.7. The minimum atomic E-state index is -3.87. The third-order valence-corrected chi connectivity index (χ3v) is 3.68. The van der Waals surface area contributed by atoms with Gasteiger partial charge in [-0.15, -0.1) is 0 Å². The van der Waals surface area contributed by atoms with Crippen LogP contribution in [0.3, 0.4) is 0 Å². The van der Waals surface area contributed by atoms with Crippen molar-refractivity contribution >= 4 is 21.7 Å². The van der Waals surface area contributed by atoms with E-state index in [0.29, 0.717) is 5.02 Å². The molecule has 4 nitrogen and oxygen atoms in total. The van der Waals surface area contributed by atoms with Crippen LogP contribution in [0.2, 0.25) is 5.02 Å². The highest BCUT2D eigenvalue weighted by Gasteiger charge is 2.17. The monoisotopic (exact) mass is 283 g/mol. The number of aromatic nitrogens is 1. The van der Waals surface area contributed by atoms with Crippen molar-refractivity contribution in [2.75, 3.05) is 0 Å². The van der Waals surface area contributed by atoms with Crippen LogP contribution in [-0.2, 0) is 10.1 Å². The second-order valence-electron chi connectivity index (χ2n) is 3.66. The van der Waals surface area contributed by atoms with Gasteiger partial charge in [0, 0.05) is 17.3 Å². The van der Waals surface area contributed by atoms with Gasteiger partial charge in [0.05, 0.1) is 0 Å². The zero-order chi connectivity index (χ0) is 13.2. The summed E-state index contributed by atoms with van der Waals surface area (Å²) in [6.45, 7) is 1.87. The molecule has 1 heterocycles. The van der Waals surface area contributed by atoms with Gasteiger partial charge >= 0.3 is 10.1 Å². The maximum atomic E-state index is 11.9. The SMILES string of the molecule is Cc1ccc(S(=O)(=O)Oc2cc(Cl)ccn2)cc1. The Bertz CT molecular complexity index is 653. The Morgan fingerprint density at radius 3 is 2.44 bits per heavy atom. The predicted octanol–water partition coefficient (Wildman–Crippen LogP) is 2.81. The molecule has 0 atom stereocenters. The van der Waals surface area contributed by atoms with Crippen LogP contribution in [-0.4, -0.2) is 13.4 Å². The average Bonchev–Trinajstić information content (AvgIpc) is 2.29. The van der Waals surface area contributed by atoms with Gasteiger partial charge in [-0.2, -0.15) is 8.42 Å². The van der Waals surface area contributed by atoms with Crippen molar-refractivity contribution in [2.45, 2.75) is 11.8 Å². The number of halogens is 1. The summed E-state index contributed by atoms with van der Waals surface area (Å²) in [6, 6.07) is 9.23. The Balaban J connectivity index is 2.30. The fourth-order valence-electron chi connectivity index (χ4n) is 1.30. The van der Waals surface area contributed by atoms with E-state index in [4.69, 9.17) is 15.8 Å². The molecule has 0 bridgehead atoms. The molecule has 1 aromatic carbocycles. The molecule has 0 saturated carbocycles. The summed E-state index contributed by atoms with van der Waals surface area (Å²) in [5.41, 5.74) is 0.967. The van der Waals surface area contributed by atoms with Gasteiger partial charge in [0.2, 0.25) is 5.88 Å². The third kappa shape index (κ3) is 3.00. The molecule has 0 amide bonds. The summed E-state index contributed by atoms with van der Waals surface area (Å²) in [4.78, 5) is 3.86. The van der Waals surface area contributed by atoms with E-state index in [2.05, 4.69) is 4.98 Å². The van der Waals surface area contributed by atoms with Gasteiger partial charge in [-0.25, -0.2) is 4.98 Å². The lowest BCUT2D eigenvalue weighted by Gasteiger charge is -2.06. The average molecular weight is 284 g/mol. The van der Waals surface area contributed by atoms with Crippen LogP contribution >= 0.6 is 11.6 Å². The minimum absolute atomic E-state index is 0.0527. The highest BCUT2D eigenvalue weighted by molar-refractivity contribution is 7.87. The lowest BCUT2D eigenvalue weighted by Crippen LogP contribution is -2.10. The van der Waals surface area contributed by atoms with Gasteiger partial charge in [0.15, 0.2) is 0 Å². The summed E-state index contributed by atoms with van der Waals surface area (Å²) in [5.74, 6) is -0.0527. The van der Waals surface area contributed by atoms with Gasteiger partial charge in [-0.3, -0.25) is 0 Å². The van der Waals surface area contributed by atoms with Crippen LogP contribution in [0.5, 0.6) is 5.88 Å². The zero-order valence-electron chi connectivity index (χ0n) is 9.50. The second-order valence-corrected chi connectivity index (χ2v) is 5.65. The van der Waals surface area contributed by atoms with Gasteiger partial charge in [-0.1, -0.05) is 29.3 Å². The number of nitrogens with zero attached hydrogens (tertiary/aromatic N) is 1. The first-order valence-corrected chi connectivity index (χ1v) is 6.89. The number of rotatable bonds is 3. The van der Waals surface area contributed by atoms with Crippen molar-refractivity contribution < 1.29 is 12.6 Å². The number of benzene rings is 1. The van der Waals surface area contributed by atoms with E-state index in [0.717, 1.165) is 5.56 Å². The lowest BCUT2D eigenvalue weighted by molar-refractivity contribution is 0.476. The number of hydrogen-bond acceptors (Lipinski definition) is 4. The molecule has 1 aromatic heterocycles. The fourth-order valence-corrected chi connectivity index (χ4v) is 2.33. The van der Waals surface area contributed by atoms with E-state index in [-0.39, 0.29) is 10.8 Å². The van der Waals surface area contributed by atoms with E-state index in [9.17, 15) is 8.42 Å². The molecule has 2 rings (SSSR count). The molecule has 0 N–H and O–H groups in total. The van der Waals surface area contributed by atoms with Crippen molar-refractivity contribution in [2.24, 2.45) is 0 Å². The molecule has 18 heavy (non-hydrogen) atoms. The van der Waals surface area contributed by atoms with E-state index in [1.807, 2.05) is 6.92 Å². The van der Waals surface area contributed by atoms with Gasteiger partial charge in [0.25, 0.3) is 0 Å². The number of pyridine rings is 1. The highest BCUT2D eigenvalue weighted by atomic mass is 35.5. The van der Waals surface area contributed by atoms with E-state index >= 15 is 0 Å². The van der Waals surface area contributed by atoms with Crippen molar-refractivity contribution in [3.63, 3.8) is 0 Å². The molecule has 0 saturated heterocycles. The smallest absolute Gasteiger partial charge is 0.340 e. The van der Waals surface area contributed by atoms with Crippen LogP contribution in [0.1, 0.15) is 5.56 Å². The summed E-state index contributed by atoms with van der Waals surface area (Å²) in [5, 5.41) is 0.360. The quantitative estimate of drug-likeness (QED) is 0.813. The predicted molar refractivity (Wildman–Crippen MR) is 68.2 cm³/mol. The number of hydrogen-bond donors (Lipinski definition) is 0. The first-order valence-electron chi connectivity index (χ1n) is 5.10. The molecular formula is C12H10ClNO3S. The van der Waals surface area contributed by atoms with E-state index in [1.165, 1.54) is 30.5 Å². The fraction of sp³-hybridized carbons (Fsp3) is 0.0833. The van der Waals surface area contributed by atoms with Crippen LogP contribution < -0.4 is 4.18 Å². The van der Waals surface area contributed by atoms with Crippen LogP contribution in [0.4, 0.5) is 0 Å². The lowest BCUT2D eigenvalue weighted by atomic mass is 10.2. The Labute approximate surface area is 110 Å². The van der Waals surface area contributed by atoms with Crippen molar-refractivity contribution in [3.8, 4) is 5.88 Å². The molecule has 0 aliphatic rings. The van der Waals surface area contributed by atoms with Gasteiger partial charge in [0.1, 0.15) is 4.90 Å². The first kappa shape index (κ1) is 12.9. The standard InChI is InChI=1S/C12H10ClNO3S/c1-9-2-4-11(5-3-9)18(15,16)17-12-8-10(13)6-7-14-12/h2-8H,1H3. The Hall–Kier alpha value is -1.59. The zero-order valence-corrected chi connectivity index (χ0v) is 11.1. The molecule has 2 aromatic rings. The van der Waals surface area contributed by atoms with Crippen LogP contribution in [0.15, 0.2) is 47.5 Å². The Morgan fingerprint density at radius 2 is 1.83 bits per heavy atom. The Morgan fingerprint density at radius 1 is 1.17 bits per heavy atom. The summed E-state index contributed by atoms with van der Waals surface area (Å²) in [7, 11) is -3.87. The second kappa shape index (κ2) is 4.96. The molecule has 0 spiro atoms. The molecule has 6 heteroatoms. The van der Waals surface area contributed by atoms with Crippen molar-refractivity contribution in [3.05, 3.63) is 53.2 Å². The molecule has 0 unspecified atom stereocenters.